The fourth-order valence-electron chi connectivity index (χ4n) is 2.74. The number of thioether (sulfide) groups is 1. The standard InChI is InChI=1S/C17H18ClN5OS/c1-9-8-14(10(2)23(9)13-6-4-12(18)5-7-13)15(24)11(3)25-17-20-16(19)21-22-17/h4-8,11H,1-3H3,(H3,19,20,21,22)/t11-/m1/s1. The maximum absolute atomic E-state index is 12.9. The average Bonchev–Trinajstić information content (AvgIpc) is 3.11. The largest absolute Gasteiger partial charge is 0.368 e. The van der Waals surface area contributed by atoms with E-state index in [-0.39, 0.29) is 17.0 Å². The molecule has 0 aliphatic heterocycles. The number of anilines is 1. The maximum Gasteiger partial charge on any atom is 0.216 e. The van der Waals surface area contributed by atoms with Gasteiger partial charge < -0.3 is 10.3 Å². The number of carbonyl (C=O) groups is 1. The summed E-state index contributed by atoms with van der Waals surface area (Å²) in [5, 5.41) is 7.35. The molecular weight excluding hydrogens is 358 g/mol. The molecule has 8 heteroatoms. The molecule has 0 spiro atoms. The van der Waals surface area contributed by atoms with Gasteiger partial charge in [0.15, 0.2) is 5.78 Å². The zero-order valence-electron chi connectivity index (χ0n) is 14.1. The first-order chi connectivity index (χ1) is 11.9. The Morgan fingerprint density at radius 1 is 1.32 bits per heavy atom. The summed E-state index contributed by atoms with van der Waals surface area (Å²) in [5.74, 6) is 0.268. The Morgan fingerprint density at radius 3 is 2.60 bits per heavy atom. The normalized spacial score (nSPS) is 12.3. The molecule has 2 aromatic heterocycles. The molecular formula is C17H18ClN5OS. The molecule has 0 bridgehead atoms. The van der Waals surface area contributed by atoms with E-state index in [2.05, 4.69) is 15.2 Å². The second-order valence-corrected chi connectivity index (χ2v) is 7.47. The minimum Gasteiger partial charge on any atom is -0.368 e. The van der Waals surface area contributed by atoms with Crippen molar-refractivity contribution in [2.45, 2.75) is 31.2 Å². The van der Waals surface area contributed by atoms with E-state index in [0.29, 0.717) is 15.7 Å². The predicted octanol–water partition coefficient (Wildman–Crippen LogP) is 3.81. The molecule has 0 saturated carbocycles. The van der Waals surface area contributed by atoms with E-state index in [1.54, 1.807) is 0 Å². The molecule has 0 radical (unpaired) electrons. The molecule has 0 amide bonds. The number of aryl methyl sites for hydroxylation is 1. The molecule has 130 valence electrons. The highest BCUT2D eigenvalue weighted by molar-refractivity contribution is 8.00. The molecule has 0 saturated heterocycles. The van der Waals surface area contributed by atoms with Crippen LogP contribution in [0.5, 0.6) is 0 Å². The number of aromatic nitrogens is 4. The van der Waals surface area contributed by atoms with E-state index in [4.69, 9.17) is 17.3 Å². The van der Waals surface area contributed by atoms with E-state index < -0.39 is 0 Å². The number of hydrogen-bond acceptors (Lipinski definition) is 5. The number of H-pyrrole nitrogens is 1. The van der Waals surface area contributed by atoms with Crippen LogP contribution >= 0.6 is 23.4 Å². The van der Waals surface area contributed by atoms with Gasteiger partial charge in [0.1, 0.15) is 0 Å². The fraction of sp³-hybridized carbons (Fsp3) is 0.235. The second kappa shape index (κ2) is 6.93. The average molecular weight is 376 g/mol. The molecule has 3 rings (SSSR count). The molecule has 3 N–H and O–H groups in total. The fourth-order valence-corrected chi connectivity index (χ4v) is 3.67. The Balaban J connectivity index is 1.88. The topological polar surface area (TPSA) is 89.6 Å². The van der Waals surface area contributed by atoms with E-state index >= 15 is 0 Å². The molecule has 0 fully saturated rings. The Kier molecular flexibility index (Phi) is 4.87. The Hall–Kier alpha value is -2.25. The van der Waals surface area contributed by atoms with Crippen LogP contribution in [0.25, 0.3) is 5.69 Å². The van der Waals surface area contributed by atoms with Crippen molar-refractivity contribution in [1.29, 1.82) is 0 Å². The molecule has 3 aromatic rings. The summed E-state index contributed by atoms with van der Waals surface area (Å²) in [7, 11) is 0. The predicted molar refractivity (Wildman–Crippen MR) is 101 cm³/mol. The van der Waals surface area contributed by atoms with Gasteiger partial charge in [-0.15, -0.1) is 5.10 Å². The summed E-state index contributed by atoms with van der Waals surface area (Å²) in [4.78, 5) is 16.9. The Morgan fingerprint density at radius 2 is 2.00 bits per heavy atom. The minimum atomic E-state index is -0.325. The smallest absolute Gasteiger partial charge is 0.216 e. The summed E-state index contributed by atoms with van der Waals surface area (Å²) in [6.45, 7) is 5.76. The lowest BCUT2D eigenvalue weighted by Crippen LogP contribution is -2.14. The number of nitrogens with two attached hydrogens (primary N) is 1. The van der Waals surface area contributed by atoms with Crippen molar-refractivity contribution >= 4 is 35.1 Å². The van der Waals surface area contributed by atoms with Crippen molar-refractivity contribution in [2.24, 2.45) is 0 Å². The van der Waals surface area contributed by atoms with E-state index in [1.165, 1.54) is 11.8 Å². The lowest BCUT2D eigenvalue weighted by atomic mass is 10.1. The number of hydrogen-bond donors (Lipinski definition) is 2. The van der Waals surface area contributed by atoms with Crippen LogP contribution in [0.4, 0.5) is 5.95 Å². The van der Waals surface area contributed by atoms with Crippen LogP contribution in [0.3, 0.4) is 0 Å². The summed E-state index contributed by atoms with van der Waals surface area (Å²) >= 11 is 7.24. The van der Waals surface area contributed by atoms with Gasteiger partial charge >= 0.3 is 0 Å². The number of carbonyl (C=O) groups excluding carboxylic acids is 1. The number of nitrogen functional groups attached to an aromatic ring is 1. The Labute approximate surface area is 154 Å². The van der Waals surface area contributed by atoms with E-state index in [0.717, 1.165) is 17.1 Å². The van der Waals surface area contributed by atoms with Gasteiger partial charge in [-0.25, -0.2) is 5.10 Å². The number of ketones is 1. The lowest BCUT2D eigenvalue weighted by Gasteiger charge is -2.11. The van der Waals surface area contributed by atoms with Crippen LogP contribution in [0.15, 0.2) is 35.5 Å². The van der Waals surface area contributed by atoms with Crippen LogP contribution in [0.2, 0.25) is 5.02 Å². The first-order valence-corrected chi connectivity index (χ1v) is 8.96. The first kappa shape index (κ1) is 17.6. The van der Waals surface area contributed by atoms with Crippen LogP contribution in [0, 0.1) is 13.8 Å². The van der Waals surface area contributed by atoms with Crippen molar-refractivity contribution < 1.29 is 4.79 Å². The van der Waals surface area contributed by atoms with Crippen molar-refractivity contribution in [2.75, 3.05) is 5.73 Å². The van der Waals surface area contributed by atoms with Gasteiger partial charge in [-0.1, -0.05) is 23.4 Å². The van der Waals surface area contributed by atoms with Gasteiger partial charge in [0.2, 0.25) is 11.1 Å². The number of benzene rings is 1. The molecule has 0 aliphatic carbocycles. The van der Waals surface area contributed by atoms with Gasteiger partial charge in [0.25, 0.3) is 0 Å². The lowest BCUT2D eigenvalue weighted by molar-refractivity contribution is 0.0993. The quantitative estimate of drug-likeness (QED) is 0.522. The summed E-state index contributed by atoms with van der Waals surface area (Å²) in [5.41, 5.74) is 9.07. The number of nitrogens with zero attached hydrogens (tertiary/aromatic N) is 3. The number of halogens is 1. The second-order valence-electron chi connectivity index (χ2n) is 5.72. The highest BCUT2D eigenvalue weighted by atomic mass is 35.5. The van der Waals surface area contributed by atoms with Crippen molar-refractivity contribution in [1.82, 2.24) is 19.7 Å². The van der Waals surface area contributed by atoms with Crippen LogP contribution < -0.4 is 5.73 Å². The van der Waals surface area contributed by atoms with Crippen LogP contribution in [0.1, 0.15) is 28.7 Å². The molecule has 6 nitrogen and oxygen atoms in total. The monoisotopic (exact) mass is 375 g/mol. The van der Waals surface area contributed by atoms with Crippen LogP contribution in [-0.2, 0) is 0 Å². The zero-order chi connectivity index (χ0) is 18.1. The molecule has 0 unspecified atom stereocenters. The zero-order valence-corrected chi connectivity index (χ0v) is 15.6. The highest BCUT2D eigenvalue weighted by Gasteiger charge is 2.23. The maximum atomic E-state index is 12.9. The number of aromatic amines is 1. The van der Waals surface area contributed by atoms with Crippen molar-refractivity contribution in [3.63, 3.8) is 0 Å². The number of nitrogens with one attached hydrogen (secondary N) is 1. The molecule has 1 aromatic carbocycles. The van der Waals surface area contributed by atoms with E-state index in [9.17, 15) is 4.79 Å². The van der Waals surface area contributed by atoms with Gasteiger partial charge in [0, 0.05) is 27.7 Å². The van der Waals surface area contributed by atoms with Crippen LogP contribution in [-0.4, -0.2) is 30.8 Å². The third-order valence-corrected chi connectivity index (χ3v) is 5.13. The molecule has 25 heavy (non-hydrogen) atoms. The van der Waals surface area contributed by atoms with Gasteiger partial charge in [0.05, 0.1) is 5.25 Å². The third kappa shape index (κ3) is 3.57. The molecule has 1 atom stereocenters. The Bertz CT molecular complexity index is 916. The van der Waals surface area contributed by atoms with Crippen molar-refractivity contribution in [3.8, 4) is 5.69 Å². The van der Waals surface area contributed by atoms with Gasteiger partial charge in [-0.2, -0.15) is 4.98 Å². The summed E-state index contributed by atoms with van der Waals surface area (Å²) in [6.07, 6.45) is 0. The molecule has 0 aliphatic rings. The van der Waals surface area contributed by atoms with Gasteiger partial charge in [-0.3, -0.25) is 4.79 Å². The first-order valence-electron chi connectivity index (χ1n) is 7.70. The number of rotatable bonds is 5. The SMILES string of the molecule is Cc1cc(C(=O)[C@@H](C)Sc2n[nH]c(N)n2)c(C)n1-c1ccc(Cl)cc1. The minimum absolute atomic E-state index is 0.0293. The van der Waals surface area contributed by atoms with Gasteiger partial charge in [-0.05, 0) is 51.1 Å². The third-order valence-electron chi connectivity index (χ3n) is 3.92. The molecule has 2 heterocycles. The number of Topliss-reactive ketones (excluding diaryl/α,β-unsaturated/α-hetero) is 1. The van der Waals surface area contributed by atoms with E-state index in [1.807, 2.05) is 55.7 Å². The van der Waals surface area contributed by atoms with Crippen molar-refractivity contribution in [3.05, 3.63) is 52.3 Å². The summed E-state index contributed by atoms with van der Waals surface area (Å²) in [6, 6.07) is 9.46. The highest BCUT2D eigenvalue weighted by Crippen LogP contribution is 2.27. The summed E-state index contributed by atoms with van der Waals surface area (Å²) < 4.78 is 2.05.